The number of nitrogens with one attached hydrogen (secondary N) is 1. The van der Waals surface area contributed by atoms with Crippen LogP contribution in [0.3, 0.4) is 0 Å². The number of hydrogen-bond acceptors (Lipinski definition) is 8. The summed E-state index contributed by atoms with van der Waals surface area (Å²) < 4.78 is 19.6. The minimum atomic E-state index is 0.238. The van der Waals surface area contributed by atoms with Crippen LogP contribution in [0.5, 0.6) is 11.5 Å². The SMILES string of the molecule is CCN1CCN(CC2=CC=CC3NSN=C23)CCC2=C[C@H](C)c3c(cc(OC)cc3OC)CN2C1=C1CC1. The van der Waals surface area contributed by atoms with Gasteiger partial charge in [-0.05, 0) is 42.5 Å². The second-order valence-corrected chi connectivity index (χ2v) is 11.3. The number of methoxy groups -OCH3 is 2. The van der Waals surface area contributed by atoms with Crippen molar-refractivity contribution in [2.75, 3.05) is 46.9 Å². The van der Waals surface area contributed by atoms with Crippen molar-refractivity contribution in [3.05, 3.63) is 70.2 Å². The zero-order valence-corrected chi connectivity index (χ0v) is 23.8. The van der Waals surface area contributed by atoms with E-state index in [-0.39, 0.29) is 12.0 Å². The molecular formula is C30H39N5O2S. The van der Waals surface area contributed by atoms with Crippen molar-refractivity contribution >= 4 is 17.8 Å². The molecule has 3 aliphatic heterocycles. The number of nitrogens with zero attached hydrogens (tertiary/aromatic N) is 4. The van der Waals surface area contributed by atoms with E-state index in [0.29, 0.717) is 0 Å². The summed E-state index contributed by atoms with van der Waals surface area (Å²) in [6, 6.07) is 4.48. The fourth-order valence-corrected chi connectivity index (χ4v) is 6.91. The van der Waals surface area contributed by atoms with Gasteiger partial charge in [0.15, 0.2) is 0 Å². The number of benzene rings is 1. The molecule has 1 aromatic rings. The van der Waals surface area contributed by atoms with Crippen molar-refractivity contribution in [1.29, 1.82) is 0 Å². The Balaban J connectivity index is 1.35. The Kier molecular flexibility index (Phi) is 7.29. The number of allylic oxidation sites excluding steroid dienone is 4. The Morgan fingerprint density at radius 3 is 2.74 bits per heavy atom. The third kappa shape index (κ3) is 4.90. The molecule has 0 radical (unpaired) electrons. The van der Waals surface area contributed by atoms with Crippen LogP contribution in [0, 0.1) is 0 Å². The molecule has 1 aromatic carbocycles. The molecule has 0 spiro atoms. The predicted molar refractivity (Wildman–Crippen MR) is 155 cm³/mol. The summed E-state index contributed by atoms with van der Waals surface area (Å²) in [5.41, 5.74) is 8.09. The molecule has 2 aliphatic carbocycles. The van der Waals surface area contributed by atoms with Crippen LogP contribution in [0.2, 0.25) is 0 Å². The molecule has 2 fully saturated rings. The minimum absolute atomic E-state index is 0.238. The average Bonchev–Trinajstić information content (AvgIpc) is 3.66. The zero-order valence-electron chi connectivity index (χ0n) is 23.0. The van der Waals surface area contributed by atoms with Crippen LogP contribution in [0.4, 0.5) is 0 Å². The van der Waals surface area contributed by atoms with E-state index >= 15 is 0 Å². The van der Waals surface area contributed by atoms with Gasteiger partial charge in [0.25, 0.3) is 0 Å². The summed E-state index contributed by atoms with van der Waals surface area (Å²) >= 11 is 1.47. The van der Waals surface area contributed by atoms with Crippen LogP contribution < -0.4 is 14.2 Å². The second kappa shape index (κ2) is 10.8. The predicted octanol–water partition coefficient (Wildman–Crippen LogP) is 5.01. The Morgan fingerprint density at radius 1 is 1.11 bits per heavy atom. The zero-order chi connectivity index (χ0) is 26.2. The summed E-state index contributed by atoms with van der Waals surface area (Å²) in [6.45, 7) is 10.5. The van der Waals surface area contributed by atoms with E-state index in [1.165, 1.54) is 58.9 Å². The molecule has 8 heteroatoms. The Hall–Kier alpha value is -2.68. The topological polar surface area (TPSA) is 52.6 Å². The molecule has 1 N–H and O–H groups in total. The first kappa shape index (κ1) is 25.6. The first-order valence-electron chi connectivity index (χ1n) is 13.9. The lowest BCUT2D eigenvalue weighted by molar-refractivity contribution is 0.224. The van der Waals surface area contributed by atoms with Crippen molar-refractivity contribution in [2.24, 2.45) is 4.40 Å². The lowest BCUT2D eigenvalue weighted by Crippen LogP contribution is -2.39. The van der Waals surface area contributed by atoms with E-state index in [9.17, 15) is 0 Å². The van der Waals surface area contributed by atoms with Crippen LogP contribution in [0.1, 0.15) is 50.2 Å². The summed E-state index contributed by atoms with van der Waals surface area (Å²) in [5.74, 6) is 3.46. The maximum absolute atomic E-state index is 5.88. The van der Waals surface area contributed by atoms with E-state index in [4.69, 9.17) is 13.9 Å². The number of rotatable bonds is 5. The highest BCUT2D eigenvalue weighted by Gasteiger charge is 2.34. The van der Waals surface area contributed by atoms with E-state index < -0.39 is 0 Å². The highest BCUT2D eigenvalue weighted by molar-refractivity contribution is 7.96. The lowest BCUT2D eigenvalue weighted by Gasteiger charge is -2.36. The number of fused-ring (bicyclic) bond motifs is 3. The van der Waals surface area contributed by atoms with Crippen LogP contribution in [-0.4, -0.2) is 73.4 Å². The highest BCUT2D eigenvalue weighted by Crippen LogP contribution is 2.43. The number of ether oxygens (including phenoxy) is 2. The molecule has 0 amide bonds. The summed E-state index contributed by atoms with van der Waals surface area (Å²) in [5, 5.41) is 0. The molecular weight excluding hydrogens is 494 g/mol. The molecule has 202 valence electrons. The van der Waals surface area contributed by atoms with Gasteiger partial charge in [-0.2, -0.15) is 0 Å². The molecule has 1 saturated heterocycles. The molecule has 0 aromatic heterocycles. The van der Waals surface area contributed by atoms with Gasteiger partial charge in [0.2, 0.25) is 0 Å². The van der Waals surface area contributed by atoms with Crippen molar-refractivity contribution in [2.45, 2.75) is 51.6 Å². The molecule has 1 unspecified atom stereocenters. The Morgan fingerprint density at radius 2 is 1.97 bits per heavy atom. The molecule has 5 aliphatic rings. The quantitative estimate of drug-likeness (QED) is 0.534. The first-order valence-corrected chi connectivity index (χ1v) is 14.7. The van der Waals surface area contributed by atoms with Gasteiger partial charge in [-0.25, -0.2) is 9.12 Å². The van der Waals surface area contributed by atoms with Gasteiger partial charge in [-0.1, -0.05) is 31.2 Å². The van der Waals surface area contributed by atoms with Gasteiger partial charge in [-0.3, -0.25) is 4.90 Å². The first-order chi connectivity index (χ1) is 18.6. The average molecular weight is 534 g/mol. The van der Waals surface area contributed by atoms with Crippen molar-refractivity contribution < 1.29 is 9.47 Å². The molecule has 3 heterocycles. The molecule has 2 atom stereocenters. The fraction of sp³-hybridized carbons (Fsp3) is 0.500. The Bertz CT molecular complexity index is 1240. The molecule has 7 nitrogen and oxygen atoms in total. The van der Waals surface area contributed by atoms with Crippen molar-refractivity contribution in [1.82, 2.24) is 19.4 Å². The van der Waals surface area contributed by atoms with Crippen LogP contribution in [0.15, 0.2) is 63.5 Å². The molecule has 38 heavy (non-hydrogen) atoms. The maximum Gasteiger partial charge on any atom is 0.126 e. The van der Waals surface area contributed by atoms with E-state index in [1.807, 2.05) is 6.07 Å². The maximum atomic E-state index is 5.88. The van der Waals surface area contributed by atoms with Gasteiger partial charge in [-0.15, -0.1) is 0 Å². The van der Waals surface area contributed by atoms with E-state index in [1.54, 1.807) is 19.8 Å². The summed E-state index contributed by atoms with van der Waals surface area (Å²) in [4.78, 5) is 7.86. The number of hydrogen-bond donors (Lipinski definition) is 1. The number of likely N-dealkylation sites (N-methyl/N-ethyl adjacent to an activating group) is 1. The van der Waals surface area contributed by atoms with Crippen molar-refractivity contribution in [3.8, 4) is 11.5 Å². The third-order valence-electron chi connectivity index (χ3n) is 8.30. The van der Waals surface area contributed by atoms with Crippen LogP contribution >= 0.6 is 12.1 Å². The monoisotopic (exact) mass is 533 g/mol. The minimum Gasteiger partial charge on any atom is -0.497 e. The third-order valence-corrected chi connectivity index (χ3v) is 8.94. The second-order valence-electron chi connectivity index (χ2n) is 10.7. The smallest absolute Gasteiger partial charge is 0.126 e. The summed E-state index contributed by atoms with van der Waals surface area (Å²) in [7, 11) is 3.51. The van der Waals surface area contributed by atoms with Crippen molar-refractivity contribution in [3.63, 3.8) is 0 Å². The van der Waals surface area contributed by atoms with Gasteiger partial charge >= 0.3 is 0 Å². The molecule has 0 bridgehead atoms. The van der Waals surface area contributed by atoms with Gasteiger partial charge in [0.1, 0.15) is 17.3 Å². The van der Waals surface area contributed by atoms with Crippen LogP contribution in [0.25, 0.3) is 0 Å². The van der Waals surface area contributed by atoms with Crippen LogP contribution in [-0.2, 0) is 6.54 Å². The normalized spacial score (nSPS) is 25.2. The molecule has 6 rings (SSSR count). The largest absolute Gasteiger partial charge is 0.497 e. The molecule has 1 saturated carbocycles. The van der Waals surface area contributed by atoms with E-state index in [0.717, 1.165) is 57.2 Å². The lowest BCUT2D eigenvalue weighted by atomic mass is 9.94. The Labute approximate surface area is 231 Å². The standard InChI is InChI=1S/C30H39N5O2S/c1-5-34-14-13-33(18-22-7-6-8-26-29(22)32-38-31-26)12-11-24-15-20(2)28-23(16-25(36-3)17-27(28)37-4)19-35(24)30(34)21-9-10-21/h6-8,15-17,20,26,31H,5,9-14,18-19H2,1-4H3/t20-,26?/m0/s1. The van der Waals surface area contributed by atoms with Gasteiger partial charge in [0.05, 0.1) is 38.1 Å². The van der Waals surface area contributed by atoms with E-state index in [2.05, 4.69) is 63.6 Å². The fourth-order valence-electron chi connectivity index (χ4n) is 6.22. The summed E-state index contributed by atoms with van der Waals surface area (Å²) in [6.07, 6.45) is 12.5. The highest BCUT2D eigenvalue weighted by atomic mass is 32.2. The van der Waals surface area contributed by atoms with Gasteiger partial charge < -0.3 is 19.3 Å². The van der Waals surface area contributed by atoms with Gasteiger partial charge in [0, 0.05) is 68.9 Å².